The summed E-state index contributed by atoms with van der Waals surface area (Å²) in [6, 6.07) is 4.24. The number of aryl methyl sites for hydroxylation is 1. The number of carbonyl (C=O) groups excluding carboxylic acids is 1. The van der Waals surface area contributed by atoms with Crippen LogP contribution in [0.2, 0.25) is 0 Å². The summed E-state index contributed by atoms with van der Waals surface area (Å²) in [5, 5.41) is 9.46. The molecule has 0 amide bonds. The Labute approximate surface area is 74.7 Å². The number of hydrogen-bond acceptors (Lipinski definition) is 3. The van der Waals surface area contributed by atoms with Crippen molar-refractivity contribution in [3.05, 3.63) is 22.4 Å². The minimum absolute atomic E-state index is 0.167. The molecule has 1 heterocycles. The van der Waals surface area contributed by atoms with E-state index in [1.54, 1.807) is 0 Å². The molecule has 0 aliphatic rings. The molecule has 1 aromatic heterocycles. The van der Waals surface area contributed by atoms with Crippen LogP contribution in [0.4, 0.5) is 0 Å². The minimum atomic E-state index is -1.43. The van der Waals surface area contributed by atoms with Crippen molar-refractivity contribution in [2.24, 2.45) is 0 Å². The van der Waals surface area contributed by atoms with Gasteiger partial charge in [-0.15, -0.1) is 11.3 Å². The Bertz CT molecular complexity index is 228. The van der Waals surface area contributed by atoms with E-state index in [9.17, 15) is 0 Å². The van der Waals surface area contributed by atoms with E-state index in [0.29, 0.717) is 0 Å². The van der Waals surface area contributed by atoms with E-state index in [0.717, 1.165) is 0 Å². The number of aldehydes is 1. The molecule has 12 heavy (non-hydrogen) atoms. The highest BCUT2D eigenvalue weighted by molar-refractivity contribution is 7.09. The summed E-state index contributed by atoms with van der Waals surface area (Å²) < 4.78 is 0. The maximum absolute atomic E-state index is 9.00. The van der Waals surface area contributed by atoms with Gasteiger partial charge in [0.25, 0.3) is 0 Å². The normalized spacial score (nSPS) is 8.08. The third-order valence-corrected chi connectivity index (χ3v) is 2.05. The Hall–Kier alpha value is -1.16. The van der Waals surface area contributed by atoms with Crippen LogP contribution in [-0.4, -0.2) is 17.4 Å². The van der Waals surface area contributed by atoms with Crippen molar-refractivity contribution in [2.75, 3.05) is 0 Å². The van der Waals surface area contributed by atoms with E-state index in [2.05, 4.69) is 24.4 Å². The van der Waals surface area contributed by atoms with Gasteiger partial charge in [0.1, 0.15) is 0 Å². The topological polar surface area (TPSA) is 54.4 Å². The lowest BCUT2D eigenvalue weighted by Crippen LogP contribution is -1.91. The van der Waals surface area contributed by atoms with Crippen molar-refractivity contribution in [3.8, 4) is 0 Å². The first-order valence-electron chi connectivity index (χ1n) is 3.41. The van der Waals surface area contributed by atoms with Crippen LogP contribution in [0.1, 0.15) is 11.8 Å². The van der Waals surface area contributed by atoms with Gasteiger partial charge in [0.05, 0.1) is 0 Å². The average Bonchev–Trinajstić information content (AvgIpc) is 2.57. The first-order valence-corrected chi connectivity index (χ1v) is 4.29. The van der Waals surface area contributed by atoms with Crippen molar-refractivity contribution < 1.29 is 14.7 Å². The monoisotopic (exact) mass is 186 g/mol. The molecule has 4 heteroatoms. The van der Waals surface area contributed by atoms with Crippen LogP contribution in [0.3, 0.4) is 0 Å². The highest BCUT2D eigenvalue weighted by atomic mass is 32.1. The van der Waals surface area contributed by atoms with Crippen molar-refractivity contribution in [3.63, 3.8) is 0 Å². The fourth-order valence-electron chi connectivity index (χ4n) is 0.514. The molecule has 0 unspecified atom stereocenters. The quantitative estimate of drug-likeness (QED) is 0.563. The molecule has 1 N–H and O–H groups in total. The third-order valence-electron chi connectivity index (χ3n) is 1.03. The molecule has 0 bridgehead atoms. The van der Waals surface area contributed by atoms with E-state index in [-0.39, 0.29) is 6.29 Å². The molecule has 66 valence electrons. The van der Waals surface area contributed by atoms with Gasteiger partial charge in [-0.1, -0.05) is 13.0 Å². The van der Waals surface area contributed by atoms with Gasteiger partial charge >= 0.3 is 5.97 Å². The molecule has 0 saturated heterocycles. The smallest absolute Gasteiger partial charge is 0.368 e. The highest BCUT2D eigenvalue weighted by Crippen LogP contribution is 2.07. The predicted molar refractivity (Wildman–Crippen MR) is 47.4 cm³/mol. The van der Waals surface area contributed by atoms with Crippen LogP contribution in [0, 0.1) is 0 Å². The van der Waals surface area contributed by atoms with Crippen LogP contribution in [-0.2, 0) is 16.0 Å². The summed E-state index contributed by atoms with van der Waals surface area (Å²) in [6.07, 6.45) is 1.01. The van der Waals surface area contributed by atoms with Crippen LogP contribution >= 0.6 is 11.3 Å². The van der Waals surface area contributed by atoms with Gasteiger partial charge < -0.3 is 5.11 Å². The maximum Gasteiger partial charge on any atom is 0.368 e. The third kappa shape index (κ3) is 5.61. The van der Waals surface area contributed by atoms with Crippen molar-refractivity contribution in [1.29, 1.82) is 0 Å². The first kappa shape index (κ1) is 10.8. The molecule has 0 aliphatic heterocycles. The Morgan fingerprint density at radius 3 is 2.50 bits per heavy atom. The number of rotatable bonds is 2. The summed E-state index contributed by atoms with van der Waals surface area (Å²) in [5.41, 5.74) is 0. The van der Waals surface area contributed by atoms with Gasteiger partial charge in [-0.25, -0.2) is 4.79 Å². The van der Waals surface area contributed by atoms with Gasteiger partial charge in [-0.05, 0) is 17.9 Å². The predicted octanol–water partition coefficient (Wildman–Crippen LogP) is 1.58. The molecule has 0 saturated carbocycles. The zero-order valence-corrected chi connectivity index (χ0v) is 7.50. The van der Waals surface area contributed by atoms with Crippen molar-refractivity contribution in [2.45, 2.75) is 13.3 Å². The lowest BCUT2D eigenvalue weighted by molar-refractivity contribution is -0.143. The van der Waals surface area contributed by atoms with Gasteiger partial charge in [-0.3, -0.25) is 4.79 Å². The minimum Gasteiger partial charge on any atom is -0.476 e. The Balaban J connectivity index is 0.000000217. The second kappa shape index (κ2) is 6.54. The SMILES string of the molecule is CCc1cccs1.O=CC(=O)O. The standard InChI is InChI=1S/C6H8S.C2H2O3/c1-2-6-4-3-5-7-6;3-1-2(4)5/h3-5H,2H2,1H3;1H,(H,4,5). The Morgan fingerprint density at radius 2 is 2.33 bits per heavy atom. The summed E-state index contributed by atoms with van der Waals surface area (Å²) in [6.45, 7) is 2.17. The lowest BCUT2D eigenvalue weighted by Gasteiger charge is -1.78. The van der Waals surface area contributed by atoms with Gasteiger partial charge in [-0.2, -0.15) is 0 Å². The average molecular weight is 186 g/mol. The first-order chi connectivity index (χ1) is 5.70. The summed E-state index contributed by atoms with van der Waals surface area (Å²) >= 11 is 1.82. The van der Waals surface area contributed by atoms with E-state index in [1.165, 1.54) is 11.3 Å². The van der Waals surface area contributed by atoms with Crippen molar-refractivity contribution >= 4 is 23.6 Å². The maximum atomic E-state index is 9.00. The summed E-state index contributed by atoms with van der Waals surface area (Å²) in [7, 11) is 0. The fraction of sp³-hybridized carbons (Fsp3) is 0.250. The lowest BCUT2D eigenvalue weighted by atomic mass is 10.4. The van der Waals surface area contributed by atoms with Gasteiger partial charge in [0.2, 0.25) is 6.29 Å². The number of aliphatic carboxylic acids is 1. The molecule has 0 atom stereocenters. The summed E-state index contributed by atoms with van der Waals surface area (Å²) in [4.78, 5) is 19.4. The van der Waals surface area contributed by atoms with E-state index in [1.807, 2.05) is 11.3 Å². The number of carboxylic acid groups (broad SMARTS) is 1. The largest absolute Gasteiger partial charge is 0.476 e. The Morgan fingerprint density at radius 1 is 1.75 bits per heavy atom. The number of carboxylic acids is 1. The fourth-order valence-corrected chi connectivity index (χ4v) is 1.17. The molecule has 3 nitrogen and oxygen atoms in total. The summed E-state index contributed by atoms with van der Waals surface area (Å²) in [5.74, 6) is -1.43. The van der Waals surface area contributed by atoms with Crippen molar-refractivity contribution in [1.82, 2.24) is 0 Å². The Kier molecular flexibility index (Phi) is 5.91. The van der Waals surface area contributed by atoms with Crippen LogP contribution in [0.5, 0.6) is 0 Å². The second-order valence-corrected chi connectivity index (χ2v) is 2.92. The number of carbonyl (C=O) groups is 2. The van der Waals surface area contributed by atoms with Crippen LogP contribution in [0.15, 0.2) is 17.5 Å². The van der Waals surface area contributed by atoms with Gasteiger partial charge in [0.15, 0.2) is 0 Å². The van der Waals surface area contributed by atoms with Crippen LogP contribution < -0.4 is 0 Å². The zero-order chi connectivity index (χ0) is 9.40. The number of hydrogen-bond donors (Lipinski definition) is 1. The zero-order valence-electron chi connectivity index (χ0n) is 6.69. The highest BCUT2D eigenvalue weighted by Gasteiger charge is 1.82. The molecule has 1 aromatic rings. The second-order valence-electron chi connectivity index (χ2n) is 1.89. The van der Waals surface area contributed by atoms with E-state index >= 15 is 0 Å². The molecule has 1 rings (SSSR count). The molecule has 0 aliphatic carbocycles. The molecule has 0 aromatic carbocycles. The molecular weight excluding hydrogens is 176 g/mol. The van der Waals surface area contributed by atoms with E-state index in [4.69, 9.17) is 14.7 Å². The molecule has 0 fully saturated rings. The molecule has 0 radical (unpaired) electrons. The van der Waals surface area contributed by atoms with Gasteiger partial charge in [0, 0.05) is 4.88 Å². The number of thiophene rings is 1. The molecular formula is C8H10O3S. The molecule has 0 spiro atoms. The van der Waals surface area contributed by atoms with Crippen LogP contribution in [0.25, 0.3) is 0 Å². The van der Waals surface area contributed by atoms with E-state index < -0.39 is 5.97 Å².